The molecule has 0 spiro atoms. The highest BCUT2D eigenvalue weighted by molar-refractivity contribution is 6.08. The van der Waals surface area contributed by atoms with Crippen LogP contribution in [0.15, 0.2) is 71.3 Å². The number of carbonyl (C=O) groups excluding carboxylic acids is 1. The number of fused-ring (bicyclic) bond motifs is 1. The number of nitrogens with two attached hydrogens (primary N) is 1. The predicted octanol–water partition coefficient (Wildman–Crippen LogP) is 3.80. The SMILES string of the molecule is CCOCCC[NH2+]CC(=O)N1N=C2/C(=C/c3ccccc3)CCC[C@@H]2[C@@H]1c1ccccc1. The van der Waals surface area contributed by atoms with Gasteiger partial charge in [0, 0.05) is 18.9 Å². The Labute approximate surface area is 191 Å². The van der Waals surface area contributed by atoms with Crippen LogP contribution in [0.1, 0.15) is 49.8 Å². The van der Waals surface area contributed by atoms with Crippen molar-refractivity contribution in [2.75, 3.05) is 26.3 Å². The molecule has 168 valence electrons. The molecule has 1 aliphatic heterocycles. The first-order valence-electron chi connectivity index (χ1n) is 11.9. The van der Waals surface area contributed by atoms with E-state index in [1.54, 1.807) is 5.01 Å². The van der Waals surface area contributed by atoms with Gasteiger partial charge in [0.15, 0.2) is 6.54 Å². The number of hydrogen-bond acceptors (Lipinski definition) is 3. The number of hydrazone groups is 1. The number of carbonyl (C=O) groups is 1. The number of nitrogens with zero attached hydrogens (tertiary/aromatic N) is 2. The molecule has 2 aliphatic rings. The summed E-state index contributed by atoms with van der Waals surface area (Å²) in [4.78, 5) is 13.3. The second-order valence-corrected chi connectivity index (χ2v) is 8.49. The summed E-state index contributed by atoms with van der Waals surface area (Å²) in [5.74, 6) is 0.333. The molecule has 0 bridgehead atoms. The molecule has 2 aromatic carbocycles. The van der Waals surface area contributed by atoms with Gasteiger partial charge >= 0.3 is 0 Å². The van der Waals surface area contributed by atoms with E-state index in [2.05, 4.69) is 59.9 Å². The molecule has 2 aromatic rings. The van der Waals surface area contributed by atoms with Crippen LogP contribution < -0.4 is 5.32 Å². The van der Waals surface area contributed by atoms with E-state index in [9.17, 15) is 4.79 Å². The van der Waals surface area contributed by atoms with E-state index >= 15 is 0 Å². The zero-order chi connectivity index (χ0) is 22.2. The van der Waals surface area contributed by atoms with Crippen molar-refractivity contribution in [1.29, 1.82) is 0 Å². The van der Waals surface area contributed by atoms with Crippen LogP contribution in [0.25, 0.3) is 6.08 Å². The minimum atomic E-state index is -0.0185. The Morgan fingerprint density at radius 1 is 1.16 bits per heavy atom. The van der Waals surface area contributed by atoms with Crippen molar-refractivity contribution >= 4 is 17.7 Å². The Morgan fingerprint density at radius 3 is 2.66 bits per heavy atom. The molecule has 1 fully saturated rings. The second kappa shape index (κ2) is 11.2. The number of ether oxygens (including phenoxy) is 1. The first-order chi connectivity index (χ1) is 15.8. The molecule has 5 heteroatoms. The lowest BCUT2D eigenvalue weighted by Crippen LogP contribution is -2.86. The molecule has 2 atom stereocenters. The molecule has 1 aliphatic carbocycles. The van der Waals surface area contributed by atoms with Crippen LogP contribution >= 0.6 is 0 Å². The Bertz CT molecular complexity index is 940. The number of benzene rings is 2. The molecule has 0 saturated heterocycles. The molecule has 1 amide bonds. The monoisotopic (exact) mass is 432 g/mol. The summed E-state index contributed by atoms with van der Waals surface area (Å²) in [5.41, 5.74) is 4.72. The van der Waals surface area contributed by atoms with Crippen LogP contribution in [0.4, 0.5) is 0 Å². The van der Waals surface area contributed by atoms with Gasteiger partial charge in [-0.2, -0.15) is 5.10 Å². The van der Waals surface area contributed by atoms with Crippen molar-refractivity contribution in [2.24, 2.45) is 11.0 Å². The van der Waals surface area contributed by atoms with Crippen molar-refractivity contribution < 1.29 is 14.8 Å². The molecule has 0 aromatic heterocycles. The summed E-state index contributed by atoms with van der Waals surface area (Å²) in [7, 11) is 0. The number of rotatable bonds is 9. The van der Waals surface area contributed by atoms with Gasteiger partial charge in [-0.15, -0.1) is 0 Å². The fourth-order valence-electron chi connectivity index (χ4n) is 4.73. The van der Waals surface area contributed by atoms with E-state index in [1.165, 1.54) is 16.7 Å². The van der Waals surface area contributed by atoms with Gasteiger partial charge in [0.2, 0.25) is 0 Å². The third-order valence-electron chi connectivity index (χ3n) is 6.26. The maximum absolute atomic E-state index is 13.3. The average Bonchev–Trinajstić information content (AvgIpc) is 3.23. The first kappa shape index (κ1) is 22.4. The highest BCUT2D eigenvalue weighted by Crippen LogP contribution is 2.44. The fraction of sp³-hybridized carbons (Fsp3) is 0.407. The summed E-state index contributed by atoms with van der Waals surface area (Å²) in [6.07, 6.45) is 6.40. The van der Waals surface area contributed by atoms with Gasteiger partial charge in [0.05, 0.1) is 24.9 Å². The highest BCUT2D eigenvalue weighted by Gasteiger charge is 2.43. The summed E-state index contributed by atoms with van der Waals surface area (Å²) < 4.78 is 5.40. The molecule has 0 radical (unpaired) electrons. The van der Waals surface area contributed by atoms with Crippen LogP contribution in [-0.2, 0) is 9.53 Å². The molecule has 0 unspecified atom stereocenters. The van der Waals surface area contributed by atoms with Crippen LogP contribution in [-0.4, -0.2) is 42.9 Å². The Balaban J connectivity index is 1.55. The van der Waals surface area contributed by atoms with Crippen molar-refractivity contribution in [1.82, 2.24) is 5.01 Å². The van der Waals surface area contributed by atoms with Crippen molar-refractivity contribution in [2.45, 2.75) is 38.6 Å². The topological polar surface area (TPSA) is 58.5 Å². The third-order valence-corrected chi connectivity index (χ3v) is 6.26. The van der Waals surface area contributed by atoms with Crippen LogP contribution in [0.3, 0.4) is 0 Å². The largest absolute Gasteiger partial charge is 0.382 e. The molecule has 2 N–H and O–H groups in total. The third kappa shape index (κ3) is 5.34. The van der Waals surface area contributed by atoms with Gasteiger partial charge in [-0.05, 0) is 49.0 Å². The lowest BCUT2D eigenvalue weighted by Gasteiger charge is -2.29. The number of amides is 1. The minimum absolute atomic E-state index is 0.0185. The summed E-state index contributed by atoms with van der Waals surface area (Å²) in [6, 6.07) is 20.8. The quantitative estimate of drug-likeness (QED) is 0.613. The maximum atomic E-state index is 13.3. The molecular formula is C27H34N3O2+. The zero-order valence-electron chi connectivity index (χ0n) is 19.0. The lowest BCUT2D eigenvalue weighted by atomic mass is 9.77. The van der Waals surface area contributed by atoms with Crippen molar-refractivity contribution in [3.63, 3.8) is 0 Å². The van der Waals surface area contributed by atoms with E-state index in [1.807, 2.05) is 19.1 Å². The van der Waals surface area contributed by atoms with Gasteiger partial charge in [-0.3, -0.25) is 4.79 Å². The Kier molecular flexibility index (Phi) is 7.86. The van der Waals surface area contributed by atoms with E-state index in [-0.39, 0.29) is 17.9 Å². The van der Waals surface area contributed by atoms with Gasteiger partial charge in [-0.1, -0.05) is 60.7 Å². The molecule has 4 rings (SSSR count). The summed E-state index contributed by atoms with van der Waals surface area (Å²) in [5, 5.41) is 8.81. The zero-order valence-corrected chi connectivity index (χ0v) is 19.0. The van der Waals surface area contributed by atoms with Crippen LogP contribution in [0, 0.1) is 5.92 Å². The highest BCUT2D eigenvalue weighted by atomic mass is 16.5. The Morgan fingerprint density at radius 2 is 1.91 bits per heavy atom. The molecule has 32 heavy (non-hydrogen) atoms. The van der Waals surface area contributed by atoms with E-state index in [0.29, 0.717) is 6.54 Å². The minimum Gasteiger partial charge on any atom is -0.382 e. The van der Waals surface area contributed by atoms with Gasteiger partial charge in [-0.25, -0.2) is 5.01 Å². The summed E-state index contributed by atoms with van der Waals surface area (Å²) in [6.45, 7) is 4.79. The van der Waals surface area contributed by atoms with Gasteiger partial charge < -0.3 is 10.1 Å². The van der Waals surface area contributed by atoms with Crippen LogP contribution in [0.5, 0.6) is 0 Å². The number of hydrogen-bond donors (Lipinski definition) is 1. The van der Waals surface area contributed by atoms with Crippen molar-refractivity contribution in [3.05, 3.63) is 77.4 Å². The number of quaternary nitrogens is 1. The van der Waals surface area contributed by atoms with E-state index in [0.717, 1.165) is 51.2 Å². The first-order valence-corrected chi connectivity index (χ1v) is 11.9. The lowest BCUT2D eigenvalue weighted by molar-refractivity contribution is -0.645. The second-order valence-electron chi connectivity index (χ2n) is 8.49. The van der Waals surface area contributed by atoms with E-state index in [4.69, 9.17) is 9.84 Å². The maximum Gasteiger partial charge on any atom is 0.298 e. The van der Waals surface area contributed by atoms with Crippen LogP contribution in [0.2, 0.25) is 0 Å². The van der Waals surface area contributed by atoms with Gasteiger partial charge in [0.25, 0.3) is 5.91 Å². The number of allylic oxidation sites excluding steroid dienone is 1. The Hall–Kier alpha value is -2.76. The molecular weight excluding hydrogens is 398 g/mol. The fourth-order valence-corrected chi connectivity index (χ4v) is 4.73. The summed E-state index contributed by atoms with van der Waals surface area (Å²) >= 11 is 0. The normalized spacial score (nSPS) is 21.5. The molecule has 5 nitrogen and oxygen atoms in total. The standard InChI is InChI=1S/C27H33N3O2/c1-2-32-18-10-17-28-20-25(31)30-27(22-13-7-4-8-14-22)24-16-9-15-23(26(24)29-30)19-21-11-5-3-6-12-21/h3-8,11-14,19,24,27-28H,2,9-10,15-18,20H2,1H3/p+1/b23-19+/t24-,27-/m0/s1. The molecule has 1 saturated carbocycles. The molecule has 1 heterocycles. The smallest absolute Gasteiger partial charge is 0.298 e. The average molecular weight is 433 g/mol. The predicted molar refractivity (Wildman–Crippen MR) is 128 cm³/mol. The van der Waals surface area contributed by atoms with E-state index < -0.39 is 0 Å². The van der Waals surface area contributed by atoms with Crippen molar-refractivity contribution in [3.8, 4) is 0 Å². The van der Waals surface area contributed by atoms with Gasteiger partial charge in [0.1, 0.15) is 0 Å².